The van der Waals surface area contributed by atoms with Gasteiger partial charge in [-0.2, -0.15) is 4.98 Å². The van der Waals surface area contributed by atoms with E-state index in [1.165, 1.54) is 10.6 Å². The third-order valence-corrected chi connectivity index (χ3v) is 6.85. The summed E-state index contributed by atoms with van der Waals surface area (Å²) in [5.74, 6) is 1.95. The van der Waals surface area contributed by atoms with Crippen LogP contribution < -0.4 is 15.0 Å². The zero-order valence-corrected chi connectivity index (χ0v) is 19.6. The maximum atomic E-state index is 12.4. The van der Waals surface area contributed by atoms with Gasteiger partial charge in [-0.1, -0.05) is 6.92 Å². The molecular formula is C23H26N4O4S. The normalized spacial score (nSPS) is 20.6. The standard InChI is InChI=1S/C23H26N4O4S/c1-14-24-11-17(16-8-21(28)27(3)12-20(16)32(5)29)22(26-14)31-13-23(2)9-18(23)19-7-6-15(30-4)10-25-19/h6-8,10-12,18H,9,13H2,1-5H3/t18-,23?,32?/m1/s1. The van der Waals surface area contributed by atoms with E-state index in [0.717, 1.165) is 17.9 Å². The van der Waals surface area contributed by atoms with Gasteiger partial charge in [0.1, 0.15) is 11.6 Å². The van der Waals surface area contributed by atoms with E-state index in [1.807, 2.05) is 12.1 Å². The highest BCUT2D eigenvalue weighted by molar-refractivity contribution is 7.84. The minimum atomic E-state index is -1.30. The molecule has 3 atom stereocenters. The van der Waals surface area contributed by atoms with Gasteiger partial charge in [-0.3, -0.25) is 14.0 Å². The van der Waals surface area contributed by atoms with Crippen molar-refractivity contribution in [1.82, 2.24) is 19.5 Å². The number of pyridine rings is 2. The largest absolute Gasteiger partial charge is 0.495 e. The molecular weight excluding hydrogens is 428 g/mol. The fourth-order valence-corrected chi connectivity index (χ4v) is 4.55. The average molecular weight is 455 g/mol. The van der Waals surface area contributed by atoms with Crippen molar-refractivity contribution in [3.63, 3.8) is 0 Å². The number of hydrogen-bond donors (Lipinski definition) is 0. The van der Waals surface area contributed by atoms with Crippen LogP contribution in [0.15, 0.2) is 46.5 Å². The molecule has 4 rings (SSSR count). The Morgan fingerprint density at radius 2 is 2.03 bits per heavy atom. The van der Waals surface area contributed by atoms with Crippen LogP contribution in [-0.4, -0.2) is 43.7 Å². The lowest BCUT2D eigenvalue weighted by Crippen LogP contribution is -2.18. The van der Waals surface area contributed by atoms with E-state index < -0.39 is 10.8 Å². The first kappa shape index (κ1) is 22.1. The van der Waals surface area contributed by atoms with E-state index in [2.05, 4.69) is 21.9 Å². The van der Waals surface area contributed by atoms with Gasteiger partial charge in [0.15, 0.2) is 0 Å². The molecule has 1 aliphatic carbocycles. The molecule has 1 aliphatic rings. The second-order valence-electron chi connectivity index (χ2n) is 8.41. The van der Waals surface area contributed by atoms with Gasteiger partial charge < -0.3 is 14.0 Å². The Balaban J connectivity index is 1.61. The lowest BCUT2D eigenvalue weighted by atomic mass is 10.1. The summed E-state index contributed by atoms with van der Waals surface area (Å²) < 4.78 is 25.1. The van der Waals surface area contributed by atoms with Crippen LogP contribution >= 0.6 is 0 Å². The van der Waals surface area contributed by atoms with E-state index in [1.54, 1.807) is 45.9 Å². The number of hydrogen-bond acceptors (Lipinski definition) is 7. The fraction of sp³-hybridized carbons (Fsp3) is 0.391. The Hall–Kier alpha value is -3.07. The van der Waals surface area contributed by atoms with Crippen molar-refractivity contribution in [2.24, 2.45) is 12.5 Å². The first-order chi connectivity index (χ1) is 15.2. The van der Waals surface area contributed by atoms with Crippen LogP contribution in [-0.2, 0) is 17.8 Å². The molecule has 0 radical (unpaired) electrons. The zero-order valence-electron chi connectivity index (χ0n) is 18.8. The molecule has 0 saturated heterocycles. The van der Waals surface area contributed by atoms with Crippen molar-refractivity contribution in [2.75, 3.05) is 20.0 Å². The minimum absolute atomic E-state index is 0.0824. The van der Waals surface area contributed by atoms with Crippen molar-refractivity contribution in [1.29, 1.82) is 0 Å². The Kier molecular flexibility index (Phi) is 5.85. The van der Waals surface area contributed by atoms with Crippen LogP contribution in [0.1, 0.15) is 30.8 Å². The summed E-state index contributed by atoms with van der Waals surface area (Å²) in [5.41, 5.74) is 1.80. The molecule has 1 saturated carbocycles. The van der Waals surface area contributed by atoms with Crippen molar-refractivity contribution in [3.05, 3.63) is 58.7 Å². The Morgan fingerprint density at radius 3 is 2.69 bits per heavy atom. The summed E-state index contributed by atoms with van der Waals surface area (Å²) in [6.07, 6.45) is 7.47. The molecule has 2 unspecified atom stereocenters. The summed E-state index contributed by atoms with van der Waals surface area (Å²) in [7, 11) is 1.95. The van der Waals surface area contributed by atoms with E-state index >= 15 is 0 Å². The molecule has 0 bridgehead atoms. The fourth-order valence-electron chi connectivity index (χ4n) is 3.77. The summed E-state index contributed by atoms with van der Waals surface area (Å²) in [6, 6.07) is 5.36. The quantitative estimate of drug-likeness (QED) is 0.542. The van der Waals surface area contributed by atoms with Crippen LogP contribution in [0, 0.1) is 12.3 Å². The van der Waals surface area contributed by atoms with Crippen LogP contribution in [0.3, 0.4) is 0 Å². The second-order valence-corrected chi connectivity index (χ2v) is 9.76. The first-order valence-electron chi connectivity index (χ1n) is 10.2. The Labute approximate surface area is 189 Å². The SMILES string of the molecule is COc1ccc([C@H]2CC2(C)COc2nc(C)ncc2-c2cc(=O)n(C)cc2S(C)=O)nc1. The van der Waals surface area contributed by atoms with Gasteiger partial charge in [0.25, 0.3) is 5.56 Å². The molecule has 3 aromatic heterocycles. The smallest absolute Gasteiger partial charge is 0.250 e. The van der Waals surface area contributed by atoms with Crippen LogP contribution in [0.2, 0.25) is 0 Å². The molecule has 9 heteroatoms. The number of nitrogens with zero attached hydrogens (tertiary/aromatic N) is 4. The van der Waals surface area contributed by atoms with Crippen molar-refractivity contribution in [2.45, 2.75) is 31.1 Å². The molecule has 3 aromatic rings. The molecule has 8 nitrogen and oxygen atoms in total. The summed E-state index contributed by atoms with van der Waals surface area (Å²) in [5, 5.41) is 0. The zero-order chi connectivity index (χ0) is 23.0. The summed E-state index contributed by atoms with van der Waals surface area (Å²) in [6.45, 7) is 4.37. The van der Waals surface area contributed by atoms with E-state index in [-0.39, 0.29) is 16.9 Å². The predicted octanol–water partition coefficient (Wildman–Crippen LogP) is 2.86. The highest BCUT2D eigenvalue weighted by atomic mass is 32.2. The predicted molar refractivity (Wildman–Crippen MR) is 122 cm³/mol. The molecule has 0 aromatic carbocycles. The van der Waals surface area contributed by atoms with E-state index in [0.29, 0.717) is 34.3 Å². The van der Waals surface area contributed by atoms with Gasteiger partial charge in [-0.25, -0.2) is 4.98 Å². The second kappa shape index (κ2) is 8.46. The molecule has 32 heavy (non-hydrogen) atoms. The number of ether oxygens (including phenoxy) is 2. The van der Waals surface area contributed by atoms with Gasteiger partial charge in [0, 0.05) is 54.4 Å². The van der Waals surface area contributed by atoms with Crippen molar-refractivity contribution < 1.29 is 13.7 Å². The molecule has 0 N–H and O–H groups in total. The molecule has 0 amide bonds. The van der Waals surface area contributed by atoms with Gasteiger partial charge in [0.05, 0.1) is 41.2 Å². The molecule has 3 heterocycles. The number of aromatic nitrogens is 4. The minimum Gasteiger partial charge on any atom is -0.495 e. The molecule has 168 valence electrons. The first-order valence-corrected chi connectivity index (χ1v) is 11.8. The average Bonchev–Trinajstić information content (AvgIpc) is 3.45. The third-order valence-electron chi connectivity index (χ3n) is 5.91. The Bertz CT molecular complexity index is 1240. The van der Waals surface area contributed by atoms with E-state index in [4.69, 9.17) is 9.47 Å². The Morgan fingerprint density at radius 1 is 1.25 bits per heavy atom. The van der Waals surface area contributed by atoms with Crippen LogP contribution in [0.25, 0.3) is 11.1 Å². The molecule has 0 aliphatic heterocycles. The lowest BCUT2D eigenvalue weighted by Gasteiger charge is -2.17. The van der Waals surface area contributed by atoms with Crippen molar-refractivity contribution in [3.8, 4) is 22.8 Å². The van der Waals surface area contributed by atoms with Gasteiger partial charge in [0.2, 0.25) is 5.88 Å². The maximum absolute atomic E-state index is 12.4. The third kappa shape index (κ3) is 4.29. The number of rotatable bonds is 7. The van der Waals surface area contributed by atoms with Crippen LogP contribution in [0.4, 0.5) is 0 Å². The molecule has 0 spiro atoms. The van der Waals surface area contributed by atoms with Gasteiger partial charge in [-0.05, 0) is 25.5 Å². The number of methoxy groups -OCH3 is 1. The molecule has 1 fully saturated rings. The van der Waals surface area contributed by atoms with Gasteiger partial charge in [-0.15, -0.1) is 0 Å². The van der Waals surface area contributed by atoms with E-state index in [9.17, 15) is 9.00 Å². The summed E-state index contributed by atoms with van der Waals surface area (Å²) in [4.78, 5) is 26.1. The monoisotopic (exact) mass is 454 g/mol. The highest BCUT2D eigenvalue weighted by Crippen LogP contribution is 2.58. The maximum Gasteiger partial charge on any atom is 0.250 e. The number of aryl methyl sites for hydroxylation is 2. The topological polar surface area (TPSA) is 96.2 Å². The lowest BCUT2D eigenvalue weighted by molar-refractivity contribution is 0.234. The highest BCUT2D eigenvalue weighted by Gasteiger charge is 2.52. The summed E-state index contributed by atoms with van der Waals surface area (Å²) >= 11 is 0. The van der Waals surface area contributed by atoms with Crippen molar-refractivity contribution >= 4 is 10.8 Å². The van der Waals surface area contributed by atoms with Crippen LogP contribution in [0.5, 0.6) is 11.6 Å². The van der Waals surface area contributed by atoms with Gasteiger partial charge >= 0.3 is 0 Å².